The lowest BCUT2D eigenvalue weighted by Crippen LogP contribution is -2.32. The molecule has 0 radical (unpaired) electrons. The van der Waals surface area contributed by atoms with Crippen LogP contribution in [0.2, 0.25) is 0 Å². The molecule has 1 fully saturated rings. The molecule has 1 aliphatic rings. The van der Waals surface area contributed by atoms with Gasteiger partial charge in [-0.25, -0.2) is 4.98 Å². The van der Waals surface area contributed by atoms with Crippen molar-refractivity contribution in [2.45, 2.75) is 18.9 Å². The van der Waals surface area contributed by atoms with E-state index >= 15 is 0 Å². The molecule has 1 saturated heterocycles. The van der Waals surface area contributed by atoms with Gasteiger partial charge >= 0.3 is 0 Å². The van der Waals surface area contributed by atoms with Gasteiger partial charge in [0.1, 0.15) is 9.52 Å². The van der Waals surface area contributed by atoms with Crippen molar-refractivity contribution in [2.24, 2.45) is 0 Å². The number of nitrogens with one attached hydrogen (secondary N) is 1. The molecule has 2 aromatic rings. The lowest BCUT2D eigenvalue weighted by molar-refractivity contribution is 0.354. The number of hydrogen-bond donors (Lipinski definition) is 2. The Morgan fingerprint density at radius 2 is 2.41 bits per heavy atom. The van der Waals surface area contributed by atoms with E-state index in [1.807, 2.05) is 6.07 Å². The number of anilines is 1. The quantitative estimate of drug-likeness (QED) is 0.771. The first-order chi connectivity index (χ1) is 8.27. The molecule has 0 amide bonds. The van der Waals surface area contributed by atoms with Crippen molar-refractivity contribution in [1.29, 1.82) is 0 Å². The highest BCUT2D eigenvalue weighted by Crippen LogP contribution is 2.28. The fourth-order valence-electron chi connectivity index (χ4n) is 2.39. The summed E-state index contributed by atoms with van der Waals surface area (Å²) in [4.78, 5) is 4.13. The van der Waals surface area contributed by atoms with E-state index in [-0.39, 0.29) is 0 Å². The molecule has 17 heavy (non-hydrogen) atoms. The summed E-state index contributed by atoms with van der Waals surface area (Å²) in [5.74, 6) is 0.571. The van der Waals surface area contributed by atoms with Crippen LogP contribution in [0.1, 0.15) is 18.9 Å². The van der Waals surface area contributed by atoms with Gasteiger partial charge in [-0.2, -0.15) is 5.10 Å². The number of aromatic nitrogens is 3. The average Bonchev–Trinajstić information content (AvgIpc) is 2.69. The third kappa shape index (κ3) is 1.89. The maximum atomic E-state index is 5.92. The first-order valence-electron chi connectivity index (χ1n) is 5.76. The molecule has 90 valence electrons. The van der Waals surface area contributed by atoms with E-state index in [0.29, 0.717) is 11.9 Å². The number of nitrogens with two attached hydrogens (primary N) is 1. The van der Waals surface area contributed by atoms with Crippen LogP contribution in [0.15, 0.2) is 12.3 Å². The Balaban J connectivity index is 2.13. The van der Waals surface area contributed by atoms with Crippen LogP contribution in [-0.2, 0) is 0 Å². The Labute approximate surface area is 113 Å². The van der Waals surface area contributed by atoms with Crippen LogP contribution in [-0.4, -0.2) is 27.9 Å². The molecule has 0 spiro atoms. The zero-order chi connectivity index (χ0) is 11.8. The summed E-state index contributed by atoms with van der Waals surface area (Å²) >= 11 is 2.23. The number of nitrogens with zero attached hydrogens (tertiary/aromatic N) is 3. The van der Waals surface area contributed by atoms with Crippen molar-refractivity contribution in [3.63, 3.8) is 0 Å². The second kappa shape index (κ2) is 4.41. The Morgan fingerprint density at radius 3 is 3.18 bits per heavy atom. The monoisotopic (exact) mass is 343 g/mol. The molecule has 3 rings (SSSR count). The Hall–Kier alpha value is -0.890. The molecule has 0 bridgehead atoms. The number of piperidine rings is 1. The van der Waals surface area contributed by atoms with Crippen LogP contribution in [0.4, 0.5) is 5.82 Å². The van der Waals surface area contributed by atoms with E-state index < -0.39 is 0 Å². The summed E-state index contributed by atoms with van der Waals surface area (Å²) < 4.78 is 3.04. The molecule has 1 atom stereocenters. The second-order valence-corrected chi connectivity index (χ2v) is 5.35. The average molecular weight is 343 g/mol. The maximum Gasteiger partial charge on any atom is 0.135 e. The van der Waals surface area contributed by atoms with Crippen LogP contribution in [0.3, 0.4) is 0 Å². The third-order valence-electron chi connectivity index (χ3n) is 3.22. The highest BCUT2D eigenvalue weighted by molar-refractivity contribution is 14.1. The number of fused-ring (bicyclic) bond motifs is 1. The highest BCUT2D eigenvalue weighted by Gasteiger charge is 2.20. The maximum absolute atomic E-state index is 5.92. The molecule has 5 nitrogen and oxygen atoms in total. The predicted molar refractivity (Wildman–Crippen MR) is 75.8 cm³/mol. The molecular formula is C11H14IN5. The van der Waals surface area contributed by atoms with Crippen molar-refractivity contribution in [3.8, 4) is 0 Å². The van der Waals surface area contributed by atoms with E-state index in [4.69, 9.17) is 5.73 Å². The standard InChI is InChI=1S/C11H14IN5/c12-10-9-8(3-5-15-11(9)13)17(16-10)7-2-1-4-14-6-7/h3,5,7,14H,1-2,4,6H2,(H2,13,15). The van der Waals surface area contributed by atoms with Crippen LogP contribution in [0.5, 0.6) is 0 Å². The van der Waals surface area contributed by atoms with Crippen LogP contribution in [0, 0.1) is 3.70 Å². The topological polar surface area (TPSA) is 68.8 Å². The summed E-state index contributed by atoms with van der Waals surface area (Å²) in [6.07, 6.45) is 4.12. The molecule has 2 aromatic heterocycles. The SMILES string of the molecule is Nc1nccc2c1c(I)nn2C1CCCNC1. The first-order valence-corrected chi connectivity index (χ1v) is 6.84. The van der Waals surface area contributed by atoms with E-state index in [1.165, 1.54) is 12.8 Å². The summed E-state index contributed by atoms with van der Waals surface area (Å²) in [5, 5.41) is 9.01. The van der Waals surface area contributed by atoms with Gasteiger partial charge in [-0.05, 0) is 48.0 Å². The molecule has 0 aromatic carbocycles. The van der Waals surface area contributed by atoms with E-state index in [1.54, 1.807) is 6.20 Å². The van der Waals surface area contributed by atoms with Gasteiger partial charge in [-0.3, -0.25) is 4.68 Å². The van der Waals surface area contributed by atoms with Gasteiger partial charge in [-0.1, -0.05) is 0 Å². The van der Waals surface area contributed by atoms with Gasteiger partial charge in [0.15, 0.2) is 0 Å². The number of pyridine rings is 1. The second-order valence-electron chi connectivity index (χ2n) is 4.33. The van der Waals surface area contributed by atoms with E-state index in [2.05, 4.69) is 42.7 Å². The van der Waals surface area contributed by atoms with Crippen molar-refractivity contribution in [2.75, 3.05) is 18.8 Å². The van der Waals surface area contributed by atoms with Crippen LogP contribution >= 0.6 is 22.6 Å². The minimum absolute atomic E-state index is 0.427. The zero-order valence-electron chi connectivity index (χ0n) is 9.36. The van der Waals surface area contributed by atoms with Crippen molar-refractivity contribution in [1.82, 2.24) is 20.1 Å². The van der Waals surface area contributed by atoms with E-state index in [9.17, 15) is 0 Å². The van der Waals surface area contributed by atoms with Gasteiger partial charge in [0, 0.05) is 12.7 Å². The van der Waals surface area contributed by atoms with Crippen molar-refractivity contribution >= 4 is 39.3 Å². The van der Waals surface area contributed by atoms with Crippen LogP contribution < -0.4 is 11.1 Å². The van der Waals surface area contributed by atoms with Gasteiger partial charge in [0.25, 0.3) is 0 Å². The summed E-state index contributed by atoms with van der Waals surface area (Å²) in [5.41, 5.74) is 7.01. The van der Waals surface area contributed by atoms with Gasteiger partial charge in [0.2, 0.25) is 0 Å². The third-order valence-corrected chi connectivity index (χ3v) is 3.98. The fourth-order valence-corrected chi connectivity index (χ4v) is 3.17. The number of hydrogen-bond acceptors (Lipinski definition) is 4. The zero-order valence-corrected chi connectivity index (χ0v) is 11.5. The fraction of sp³-hybridized carbons (Fsp3) is 0.455. The summed E-state index contributed by atoms with van der Waals surface area (Å²) in [7, 11) is 0. The molecule has 1 aliphatic heterocycles. The molecular weight excluding hydrogens is 329 g/mol. The largest absolute Gasteiger partial charge is 0.383 e. The smallest absolute Gasteiger partial charge is 0.135 e. The Morgan fingerprint density at radius 1 is 1.53 bits per heavy atom. The molecule has 3 N–H and O–H groups in total. The Kier molecular flexibility index (Phi) is 2.91. The lowest BCUT2D eigenvalue weighted by Gasteiger charge is -2.23. The van der Waals surface area contributed by atoms with E-state index in [0.717, 1.165) is 27.7 Å². The first kappa shape index (κ1) is 11.2. The number of halogens is 1. The minimum atomic E-state index is 0.427. The number of nitrogen functional groups attached to an aromatic ring is 1. The van der Waals surface area contributed by atoms with Crippen LogP contribution in [0.25, 0.3) is 10.9 Å². The molecule has 0 aliphatic carbocycles. The van der Waals surface area contributed by atoms with Crippen molar-refractivity contribution < 1.29 is 0 Å². The molecule has 6 heteroatoms. The molecule has 3 heterocycles. The van der Waals surface area contributed by atoms with Gasteiger partial charge < -0.3 is 11.1 Å². The minimum Gasteiger partial charge on any atom is -0.383 e. The number of rotatable bonds is 1. The lowest BCUT2D eigenvalue weighted by atomic mass is 10.1. The van der Waals surface area contributed by atoms with Crippen molar-refractivity contribution in [3.05, 3.63) is 16.0 Å². The molecule has 1 unspecified atom stereocenters. The summed E-state index contributed by atoms with van der Waals surface area (Å²) in [6.45, 7) is 2.09. The van der Waals surface area contributed by atoms with Gasteiger partial charge in [0.05, 0.1) is 16.9 Å². The van der Waals surface area contributed by atoms with Gasteiger partial charge in [-0.15, -0.1) is 0 Å². The Bertz CT molecular complexity index is 544. The highest BCUT2D eigenvalue weighted by atomic mass is 127. The summed E-state index contributed by atoms with van der Waals surface area (Å²) in [6, 6.07) is 2.42. The predicted octanol–water partition coefficient (Wildman–Crippen LogP) is 1.54. The normalized spacial score (nSPS) is 20.9. The molecule has 0 saturated carbocycles.